The van der Waals surface area contributed by atoms with Gasteiger partial charge in [-0.1, -0.05) is 24.3 Å². The molecule has 1 radical (unpaired) electrons. The SMILES string of the molecule is [CH2]c1ccccc1-c1ncccn1. The van der Waals surface area contributed by atoms with E-state index in [0.717, 1.165) is 17.0 Å². The van der Waals surface area contributed by atoms with Crippen LogP contribution in [0.3, 0.4) is 0 Å². The van der Waals surface area contributed by atoms with Gasteiger partial charge in [-0.05, 0) is 18.6 Å². The Kier molecular flexibility index (Phi) is 2.04. The highest BCUT2D eigenvalue weighted by Gasteiger charge is 2.01. The molecule has 0 N–H and O–H groups in total. The molecule has 0 atom stereocenters. The van der Waals surface area contributed by atoms with Gasteiger partial charge in [0.15, 0.2) is 5.82 Å². The van der Waals surface area contributed by atoms with Crippen LogP contribution in [-0.2, 0) is 0 Å². The molecule has 13 heavy (non-hydrogen) atoms. The van der Waals surface area contributed by atoms with Crippen LogP contribution in [0.1, 0.15) is 5.56 Å². The summed E-state index contributed by atoms with van der Waals surface area (Å²) >= 11 is 0. The third-order valence-electron chi connectivity index (χ3n) is 1.82. The second-order valence-electron chi connectivity index (χ2n) is 2.73. The lowest BCUT2D eigenvalue weighted by Gasteiger charge is -2.01. The van der Waals surface area contributed by atoms with Crippen LogP contribution in [-0.4, -0.2) is 9.97 Å². The Morgan fingerprint density at radius 3 is 2.31 bits per heavy atom. The minimum absolute atomic E-state index is 0.730. The molecule has 2 rings (SSSR count). The van der Waals surface area contributed by atoms with E-state index in [1.54, 1.807) is 18.5 Å². The van der Waals surface area contributed by atoms with Crippen LogP contribution in [0.2, 0.25) is 0 Å². The van der Waals surface area contributed by atoms with Crippen molar-refractivity contribution in [2.75, 3.05) is 0 Å². The molecule has 0 spiro atoms. The summed E-state index contributed by atoms with van der Waals surface area (Å²) in [5, 5.41) is 0. The molecule has 1 aromatic carbocycles. The van der Waals surface area contributed by atoms with Crippen LogP contribution in [0.4, 0.5) is 0 Å². The van der Waals surface area contributed by atoms with Gasteiger partial charge in [-0.2, -0.15) is 0 Å². The van der Waals surface area contributed by atoms with Crippen LogP contribution in [0.15, 0.2) is 42.7 Å². The molecule has 0 aliphatic rings. The third-order valence-corrected chi connectivity index (χ3v) is 1.82. The quantitative estimate of drug-likeness (QED) is 0.654. The van der Waals surface area contributed by atoms with Gasteiger partial charge in [0, 0.05) is 18.0 Å². The Bertz CT molecular complexity index is 396. The predicted octanol–water partition coefficient (Wildman–Crippen LogP) is 2.33. The Hall–Kier alpha value is -1.70. The van der Waals surface area contributed by atoms with E-state index in [1.165, 1.54) is 0 Å². The number of aromatic nitrogens is 2. The minimum atomic E-state index is 0.730. The summed E-state index contributed by atoms with van der Waals surface area (Å²) in [7, 11) is 0. The summed E-state index contributed by atoms with van der Waals surface area (Å²) < 4.78 is 0. The highest BCUT2D eigenvalue weighted by Crippen LogP contribution is 2.17. The van der Waals surface area contributed by atoms with Crippen molar-refractivity contribution in [3.63, 3.8) is 0 Å². The molecule has 0 fully saturated rings. The Balaban J connectivity index is 2.54. The van der Waals surface area contributed by atoms with Gasteiger partial charge in [0.05, 0.1) is 0 Å². The van der Waals surface area contributed by atoms with Crippen LogP contribution in [0, 0.1) is 6.92 Å². The molecular formula is C11H9N2. The molecule has 1 heterocycles. The first-order valence-electron chi connectivity index (χ1n) is 4.06. The number of rotatable bonds is 1. The molecule has 0 aliphatic heterocycles. The topological polar surface area (TPSA) is 25.8 Å². The summed E-state index contributed by atoms with van der Waals surface area (Å²) in [6.45, 7) is 3.92. The maximum Gasteiger partial charge on any atom is 0.159 e. The van der Waals surface area contributed by atoms with Crippen molar-refractivity contribution in [1.29, 1.82) is 0 Å². The molecule has 0 unspecified atom stereocenters. The standard InChI is InChI=1S/C11H9N2/c1-9-5-2-3-6-10(9)11-12-7-4-8-13-11/h2-8H,1H2. The van der Waals surface area contributed by atoms with Gasteiger partial charge in [-0.3, -0.25) is 0 Å². The minimum Gasteiger partial charge on any atom is -0.237 e. The smallest absolute Gasteiger partial charge is 0.159 e. The lowest BCUT2D eigenvalue weighted by Crippen LogP contribution is -1.88. The highest BCUT2D eigenvalue weighted by atomic mass is 14.8. The van der Waals surface area contributed by atoms with E-state index in [-0.39, 0.29) is 0 Å². The average Bonchev–Trinajstić information content (AvgIpc) is 2.20. The van der Waals surface area contributed by atoms with E-state index in [0.29, 0.717) is 0 Å². The second-order valence-corrected chi connectivity index (χ2v) is 2.73. The van der Waals surface area contributed by atoms with Crippen molar-refractivity contribution in [2.24, 2.45) is 0 Å². The fourth-order valence-corrected chi connectivity index (χ4v) is 1.18. The molecule has 2 nitrogen and oxygen atoms in total. The number of hydrogen-bond acceptors (Lipinski definition) is 2. The zero-order valence-electron chi connectivity index (χ0n) is 7.14. The van der Waals surface area contributed by atoms with Gasteiger partial charge in [0.1, 0.15) is 0 Å². The van der Waals surface area contributed by atoms with Crippen molar-refractivity contribution < 1.29 is 0 Å². The van der Waals surface area contributed by atoms with E-state index < -0.39 is 0 Å². The summed E-state index contributed by atoms with van der Waals surface area (Å²) in [6.07, 6.45) is 3.46. The van der Waals surface area contributed by atoms with Crippen LogP contribution >= 0.6 is 0 Å². The molecule has 63 valence electrons. The fraction of sp³-hybridized carbons (Fsp3) is 0. The molecule has 1 aromatic heterocycles. The summed E-state index contributed by atoms with van der Waals surface area (Å²) in [5.74, 6) is 0.730. The van der Waals surface area contributed by atoms with Crippen molar-refractivity contribution in [2.45, 2.75) is 0 Å². The van der Waals surface area contributed by atoms with E-state index in [2.05, 4.69) is 16.9 Å². The van der Waals surface area contributed by atoms with Gasteiger partial charge >= 0.3 is 0 Å². The zero-order chi connectivity index (χ0) is 9.10. The monoisotopic (exact) mass is 169 g/mol. The molecule has 0 aliphatic carbocycles. The Morgan fingerprint density at radius 2 is 1.62 bits per heavy atom. The zero-order valence-corrected chi connectivity index (χ0v) is 7.14. The van der Waals surface area contributed by atoms with E-state index >= 15 is 0 Å². The molecule has 0 saturated carbocycles. The molecular weight excluding hydrogens is 160 g/mol. The Morgan fingerprint density at radius 1 is 0.923 bits per heavy atom. The van der Waals surface area contributed by atoms with Gasteiger partial charge in [-0.15, -0.1) is 0 Å². The molecule has 0 amide bonds. The van der Waals surface area contributed by atoms with Crippen LogP contribution in [0.5, 0.6) is 0 Å². The van der Waals surface area contributed by atoms with Gasteiger partial charge in [0.25, 0.3) is 0 Å². The van der Waals surface area contributed by atoms with E-state index in [9.17, 15) is 0 Å². The first-order chi connectivity index (χ1) is 6.38. The molecule has 0 saturated heterocycles. The largest absolute Gasteiger partial charge is 0.237 e. The van der Waals surface area contributed by atoms with E-state index in [1.807, 2.05) is 24.3 Å². The van der Waals surface area contributed by atoms with Crippen molar-refractivity contribution >= 4 is 0 Å². The maximum atomic E-state index is 4.16. The average molecular weight is 169 g/mol. The highest BCUT2D eigenvalue weighted by molar-refractivity contribution is 5.60. The summed E-state index contributed by atoms with van der Waals surface area (Å²) in [4.78, 5) is 8.32. The Labute approximate surface area is 77.3 Å². The lowest BCUT2D eigenvalue weighted by molar-refractivity contribution is 1.17. The van der Waals surface area contributed by atoms with E-state index in [4.69, 9.17) is 0 Å². The summed E-state index contributed by atoms with van der Waals surface area (Å²) in [5.41, 5.74) is 1.94. The van der Waals surface area contributed by atoms with Gasteiger partial charge in [0.2, 0.25) is 0 Å². The summed E-state index contributed by atoms with van der Waals surface area (Å²) in [6, 6.07) is 9.63. The number of nitrogens with zero attached hydrogens (tertiary/aromatic N) is 2. The van der Waals surface area contributed by atoms with Crippen molar-refractivity contribution in [1.82, 2.24) is 9.97 Å². The van der Waals surface area contributed by atoms with Gasteiger partial charge in [-0.25, -0.2) is 9.97 Å². The second kappa shape index (κ2) is 3.35. The first-order valence-corrected chi connectivity index (χ1v) is 4.06. The lowest BCUT2D eigenvalue weighted by atomic mass is 10.1. The fourth-order valence-electron chi connectivity index (χ4n) is 1.18. The maximum absolute atomic E-state index is 4.16. The van der Waals surface area contributed by atoms with Crippen LogP contribution < -0.4 is 0 Å². The van der Waals surface area contributed by atoms with Crippen LogP contribution in [0.25, 0.3) is 11.4 Å². The van der Waals surface area contributed by atoms with Crippen molar-refractivity contribution in [3.8, 4) is 11.4 Å². The van der Waals surface area contributed by atoms with Gasteiger partial charge < -0.3 is 0 Å². The number of hydrogen-bond donors (Lipinski definition) is 0. The number of benzene rings is 1. The van der Waals surface area contributed by atoms with Crippen molar-refractivity contribution in [3.05, 3.63) is 55.2 Å². The molecule has 2 aromatic rings. The first kappa shape index (κ1) is 7.92. The molecule has 0 bridgehead atoms. The normalized spacial score (nSPS) is 9.92. The molecule has 2 heteroatoms. The third kappa shape index (κ3) is 1.56. The predicted molar refractivity (Wildman–Crippen MR) is 51.9 cm³/mol.